The fourth-order valence-electron chi connectivity index (χ4n) is 1.40. The average Bonchev–Trinajstić information content (AvgIpc) is 2.30. The molecule has 1 amide bonds. The van der Waals surface area contributed by atoms with Crippen LogP contribution in [0.1, 0.15) is 20.3 Å². The van der Waals surface area contributed by atoms with Crippen LogP contribution in [-0.4, -0.2) is 30.6 Å². The molecular formula is C12H20N4O2. The third kappa shape index (κ3) is 4.48. The van der Waals surface area contributed by atoms with Crippen LogP contribution in [0.4, 0.5) is 11.5 Å². The van der Waals surface area contributed by atoms with Gasteiger partial charge in [-0.2, -0.15) is 4.98 Å². The number of amides is 1. The lowest BCUT2D eigenvalue weighted by molar-refractivity contribution is -0.121. The average molecular weight is 252 g/mol. The van der Waals surface area contributed by atoms with Crippen molar-refractivity contribution in [2.75, 3.05) is 24.7 Å². The zero-order valence-electron chi connectivity index (χ0n) is 11.0. The molecule has 0 spiro atoms. The van der Waals surface area contributed by atoms with E-state index in [0.29, 0.717) is 30.4 Å². The minimum Gasteiger partial charge on any atom is -0.481 e. The lowest BCUT2D eigenvalue weighted by Gasteiger charge is -2.11. The van der Waals surface area contributed by atoms with E-state index in [1.807, 2.05) is 13.8 Å². The van der Waals surface area contributed by atoms with E-state index in [9.17, 15) is 4.79 Å². The number of anilines is 2. The first kappa shape index (κ1) is 14.1. The summed E-state index contributed by atoms with van der Waals surface area (Å²) in [6.07, 6.45) is 0.372. The Bertz CT molecular complexity index is 407. The molecule has 0 unspecified atom stereocenters. The summed E-state index contributed by atoms with van der Waals surface area (Å²) >= 11 is 0. The summed E-state index contributed by atoms with van der Waals surface area (Å²) in [6.45, 7) is 4.32. The molecular weight excluding hydrogens is 232 g/mol. The van der Waals surface area contributed by atoms with Gasteiger partial charge < -0.3 is 21.1 Å². The van der Waals surface area contributed by atoms with Crippen LogP contribution in [-0.2, 0) is 4.79 Å². The van der Waals surface area contributed by atoms with E-state index in [4.69, 9.17) is 10.5 Å². The normalized spacial score (nSPS) is 10.2. The van der Waals surface area contributed by atoms with Gasteiger partial charge in [0.05, 0.1) is 12.8 Å². The molecule has 18 heavy (non-hydrogen) atoms. The van der Waals surface area contributed by atoms with Crippen LogP contribution in [0.5, 0.6) is 5.88 Å². The second kappa shape index (κ2) is 6.68. The van der Waals surface area contributed by atoms with Gasteiger partial charge in [-0.1, -0.05) is 0 Å². The summed E-state index contributed by atoms with van der Waals surface area (Å²) in [5.41, 5.74) is 6.29. The van der Waals surface area contributed by atoms with Gasteiger partial charge in [-0.3, -0.25) is 4.79 Å². The highest BCUT2D eigenvalue weighted by atomic mass is 16.5. The summed E-state index contributed by atoms with van der Waals surface area (Å²) in [5, 5.41) is 5.83. The second-order valence-electron chi connectivity index (χ2n) is 4.19. The molecule has 0 saturated carbocycles. The van der Waals surface area contributed by atoms with Gasteiger partial charge in [0.2, 0.25) is 11.8 Å². The van der Waals surface area contributed by atoms with E-state index < -0.39 is 0 Å². The van der Waals surface area contributed by atoms with E-state index >= 15 is 0 Å². The van der Waals surface area contributed by atoms with Crippen molar-refractivity contribution in [3.63, 3.8) is 0 Å². The van der Waals surface area contributed by atoms with E-state index in [1.165, 1.54) is 0 Å². The van der Waals surface area contributed by atoms with Gasteiger partial charge in [-0.15, -0.1) is 0 Å². The maximum atomic E-state index is 11.4. The van der Waals surface area contributed by atoms with Crippen molar-refractivity contribution in [2.45, 2.75) is 26.3 Å². The maximum absolute atomic E-state index is 11.4. The molecule has 0 atom stereocenters. The second-order valence-corrected chi connectivity index (χ2v) is 4.19. The van der Waals surface area contributed by atoms with E-state index in [1.54, 1.807) is 19.2 Å². The fraction of sp³-hybridized carbons (Fsp3) is 0.500. The Kier molecular flexibility index (Phi) is 5.23. The number of pyridine rings is 1. The van der Waals surface area contributed by atoms with Gasteiger partial charge in [-0.25, -0.2) is 0 Å². The van der Waals surface area contributed by atoms with Crippen LogP contribution in [0, 0.1) is 0 Å². The van der Waals surface area contributed by atoms with Crippen LogP contribution in [0.3, 0.4) is 0 Å². The molecule has 4 N–H and O–H groups in total. The molecule has 0 bridgehead atoms. The molecule has 0 fully saturated rings. The van der Waals surface area contributed by atoms with E-state index in [-0.39, 0.29) is 11.9 Å². The van der Waals surface area contributed by atoms with Crippen molar-refractivity contribution >= 4 is 17.4 Å². The van der Waals surface area contributed by atoms with Crippen LogP contribution in [0.15, 0.2) is 12.1 Å². The predicted octanol–water partition coefficient (Wildman–Crippen LogP) is 0.999. The van der Waals surface area contributed by atoms with Crippen LogP contribution < -0.4 is 21.1 Å². The zero-order valence-corrected chi connectivity index (χ0v) is 11.0. The Labute approximate surface area is 107 Å². The number of nitrogen functional groups attached to an aromatic ring is 1. The van der Waals surface area contributed by atoms with Crippen molar-refractivity contribution < 1.29 is 9.53 Å². The summed E-state index contributed by atoms with van der Waals surface area (Å²) in [5.74, 6) is 1.02. The summed E-state index contributed by atoms with van der Waals surface area (Å²) in [7, 11) is 1.54. The molecule has 6 nitrogen and oxygen atoms in total. The summed E-state index contributed by atoms with van der Waals surface area (Å²) in [4.78, 5) is 15.6. The number of aromatic nitrogens is 1. The van der Waals surface area contributed by atoms with Gasteiger partial charge in [0.25, 0.3) is 0 Å². The molecule has 1 aromatic rings. The molecule has 0 aliphatic rings. The minimum atomic E-state index is -0.000956. The number of carbonyl (C=O) groups is 1. The summed E-state index contributed by atoms with van der Waals surface area (Å²) < 4.78 is 5.00. The molecule has 0 aliphatic carbocycles. The Morgan fingerprint density at radius 2 is 2.22 bits per heavy atom. The van der Waals surface area contributed by atoms with Crippen molar-refractivity contribution in [3.8, 4) is 5.88 Å². The molecule has 1 aromatic heterocycles. The first-order valence-electron chi connectivity index (χ1n) is 5.86. The Hall–Kier alpha value is -1.98. The molecule has 1 rings (SSSR count). The Balaban J connectivity index is 2.46. The minimum absolute atomic E-state index is 0.000956. The lowest BCUT2D eigenvalue weighted by atomic mass is 10.3. The van der Waals surface area contributed by atoms with Crippen molar-refractivity contribution in [1.82, 2.24) is 10.3 Å². The largest absolute Gasteiger partial charge is 0.481 e. The van der Waals surface area contributed by atoms with Crippen LogP contribution in [0.2, 0.25) is 0 Å². The van der Waals surface area contributed by atoms with Gasteiger partial charge in [0.15, 0.2) is 5.82 Å². The van der Waals surface area contributed by atoms with Gasteiger partial charge in [-0.05, 0) is 19.9 Å². The zero-order chi connectivity index (χ0) is 13.5. The number of ether oxygens (including phenoxy) is 1. The highest BCUT2D eigenvalue weighted by molar-refractivity contribution is 5.76. The highest BCUT2D eigenvalue weighted by Crippen LogP contribution is 2.19. The fourth-order valence-corrected chi connectivity index (χ4v) is 1.40. The van der Waals surface area contributed by atoms with Gasteiger partial charge in [0.1, 0.15) is 0 Å². The van der Waals surface area contributed by atoms with Crippen LogP contribution >= 0.6 is 0 Å². The lowest BCUT2D eigenvalue weighted by Crippen LogP contribution is -2.31. The molecule has 0 aliphatic heterocycles. The number of carbonyl (C=O) groups excluding carboxylic acids is 1. The van der Waals surface area contributed by atoms with E-state index in [0.717, 1.165) is 0 Å². The van der Waals surface area contributed by atoms with Crippen molar-refractivity contribution in [3.05, 3.63) is 12.1 Å². The van der Waals surface area contributed by atoms with Gasteiger partial charge in [0, 0.05) is 25.1 Å². The summed E-state index contributed by atoms with van der Waals surface area (Å²) in [6, 6.07) is 3.55. The number of hydrogen-bond acceptors (Lipinski definition) is 5. The molecule has 0 aromatic carbocycles. The number of nitrogens with zero attached hydrogens (tertiary/aromatic N) is 1. The number of rotatable bonds is 6. The number of nitrogens with two attached hydrogens (primary N) is 1. The first-order valence-corrected chi connectivity index (χ1v) is 5.86. The maximum Gasteiger partial charge on any atom is 0.221 e. The molecule has 100 valence electrons. The molecule has 0 radical (unpaired) electrons. The van der Waals surface area contributed by atoms with Gasteiger partial charge >= 0.3 is 0 Å². The topological polar surface area (TPSA) is 89.3 Å². The third-order valence-corrected chi connectivity index (χ3v) is 2.20. The third-order valence-electron chi connectivity index (χ3n) is 2.20. The van der Waals surface area contributed by atoms with E-state index in [2.05, 4.69) is 15.6 Å². The van der Waals surface area contributed by atoms with Crippen LogP contribution in [0.25, 0.3) is 0 Å². The highest BCUT2D eigenvalue weighted by Gasteiger charge is 2.05. The Morgan fingerprint density at radius 3 is 2.83 bits per heavy atom. The molecule has 0 saturated heterocycles. The monoisotopic (exact) mass is 252 g/mol. The first-order chi connectivity index (χ1) is 8.52. The van der Waals surface area contributed by atoms with Crippen molar-refractivity contribution in [2.24, 2.45) is 0 Å². The number of nitrogens with one attached hydrogen (secondary N) is 2. The van der Waals surface area contributed by atoms with Crippen molar-refractivity contribution in [1.29, 1.82) is 0 Å². The molecule has 1 heterocycles. The SMILES string of the molecule is COc1ccc(N)c(NCCC(=O)NC(C)C)n1. The number of hydrogen-bond donors (Lipinski definition) is 3. The molecule has 6 heteroatoms. The predicted molar refractivity (Wildman–Crippen MR) is 71.6 cm³/mol. The smallest absolute Gasteiger partial charge is 0.221 e. The number of methoxy groups -OCH3 is 1. The standard InChI is InChI=1S/C12H20N4O2/c1-8(2)15-10(17)6-7-14-12-9(13)4-5-11(16-12)18-3/h4-5,8H,6-7,13H2,1-3H3,(H,14,16)(H,15,17). The quantitative estimate of drug-likeness (QED) is 0.702. The Morgan fingerprint density at radius 1 is 1.50 bits per heavy atom.